The molecule has 0 atom stereocenters. The van der Waals surface area contributed by atoms with Crippen molar-refractivity contribution in [2.75, 3.05) is 0 Å². The standard InChI is InChI=1S/C8H5ClO4/c9-6-1-2-7(13-8(11)12)5(3-6)4-10/h1-4H,(H,11,12). The fourth-order valence-electron chi connectivity index (χ4n) is 0.798. The SMILES string of the molecule is O=Cc1cc(Cl)ccc1OC(=O)O. The topological polar surface area (TPSA) is 63.6 Å². The maximum Gasteiger partial charge on any atom is 0.511 e. The zero-order valence-electron chi connectivity index (χ0n) is 6.36. The summed E-state index contributed by atoms with van der Waals surface area (Å²) in [6, 6.07) is 4.08. The molecule has 0 bridgehead atoms. The van der Waals surface area contributed by atoms with Gasteiger partial charge in [0.2, 0.25) is 0 Å². The van der Waals surface area contributed by atoms with E-state index in [2.05, 4.69) is 4.74 Å². The van der Waals surface area contributed by atoms with E-state index in [4.69, 9.17) is 16.7 Å². The van der Waals surface area contributed by atoms with Crippen LogP contribution in [-0.4, -0.2) is 17.5 Å². The highest BCUT2D eigenvalue weighted by molar-refractivity contribution is 6.30. The Morgan fingerprint density at radius 2 is 2.23 bits per heavy atom. The van der Waals surface area contributed by atoms with Gasteiger partial charge in [0.1, 0.15) is 5.75 Å². The second kappa shape index (κ2) is 3.91. The minimum absolute atomic E-state index is 0.0214. The summed E-state index contributed by atoms with van der Waals surface area (Å²) < 4.78 is 4.32. The van der Waals surface area contributed by atoms with Gasteiger partial charge in [0.05, 0.1) is 5.56 Å². The number of carbonyl (C=O) groups is 2. The zero-order chi connectivity index (χ0) is 9.84. The van der Waals surface area contributed by atoms with Gasteiger partial charge in [0.25, 0.3) is 0 Å². The molecule has 0 radical (unpaired) electrons. The Morgan fingerprint density at radius 1 is 1.54 bits per heavy atom. The van der Waals surface area contributed by atoms with Crippen LogP contribution in [0.25, 0.3) is 0 Å². The fraction of sp³-hybridized carbons (Fsp3) is 0. The molecule has 0 aliphatic rings. The van der Waals surface area contributed by atoms with E-state index in [-0.39, 0.29) is 11.3 Å². The molecule has 0 heterocycles. The molecular formula is C8H5ClO4. The van der Waals surface area contributed by atoms with Crippen LogP contribution in [-0.2, 0) is 0 Å². The van der Waals surface area contributed by atoms with Crippen LogP contribution in [0.3, 0.4) is 0 Å². The zero-order valence-corrected chi connectivity index (χ0v) is 7.12. The Labute approximate surface area is 78.7 Å². The molecule has 0 amide bonds. The van der Waals surface area contributed by atoms with Crippen molar-refractivity contribution < 1.29 is 19.4 Å². The number of rotatable bonds is 2. The number of hydrogen-bond donors (Lipinski definition) is 1. The molecule has 0 aliphatic heterocycles. The molecule has 0 fully saturated rings. The first-order valence-electron chi connectivity index (χ1n) is 3.29. The second-order valence-corrected chi connectivity index (χ2v) is 2.60. The molecule has 1 rings (SSSR count). The van der Waals surface area contributed by atoms with Gasteiger partial charge in [-0.15, -0.1) is 0 Å². The van der Waals surface area contributed by atoms with E-state index in [1.54, 1.807) is 0 Å². The normalized spacial score (nSPS) is 9.31. The van der Waals surface area contributed by atoms with Gasteiger partial charge in [-0.05, 0) is 18.2 Å². The highest BCUT2D eigenvalue weighted by atomic mass is 35.5. The average molecular weight is 201 g/mol. The van der Waals surface area contributed by atoms with Crippen molar-refractivity contribution in [3.8, 4) is 5.75 Å². The Kier molecular flexibility index (Phi) is 2.87. The quantitative estimate of drug-likeness (QED) is 0.452. The minimum atomic E-state index is -1.47. The third-order valence-corrected chi connectivity index (χ3v) is 1.53. The molecule has 1 N–H and O–H groups in total. The maximum atomic E-state index is 10.4. The van der Waals surface area contributed by atoms with E-state index in [1.807, 2.05) is 0 Å². The summed E-state index contributed by atoms with van der Waals surface area (Å²) >= 11 is 5.57. The first kappa shape index (κ1) is 9.54. The lowest BCUT2D eigenvalue weighted by Gasteiger charge is -2.02. The summed E-state index contributed by atoms with van der Waals surface area (Å²) in [5, 5.41) is 8.63. The summed E-state index contributed by atoms with van der Waals surface area (Å²) in [5.74, 6) is -0.0214. The average Bonchev–Trinajstić information content (AvgIpc) is 2.07. The summed E-state index contributed by atoms with van der Waals surface area (Å²) in [5.41, 5.74) is 0.106. The Morgan fingerprint density at radius 3 is 2.77 bits per heavy atom. The molecule has 0 spiro atoms. The highest BCUT2D eigenvalue weighted by Gasteiger charge is 2.07. The fourth-order valence-corrected chi connectivity index (χ4v) is 0.979. The van der Waals surface area contributed by atoms with Crippen LogP contribution in [0, 0.1) is 0 Å². The van der Waals surface area contributed by atoms with Crippen LogP contribution < -0.4 is 4.74 Å². The number of ether oxygens (including phenoxy) is 1. The Bertz CT molecular complexity index is 348. The van der Waals surface area contributed by atoms with E-state index >= 15 is 0 Å². The van der Waals surface area contributed by atoms with Gasteiger partial charge in [-0.3, -0.25) is 4.79 Å². The molecule has 68 valence electrons. The van der Waals surface area contributed by atoms with E-state index < -0.39 is 6.16 Å². The van der Waals surface area contributed by atoms with Crippen LogP contribution in [0.5, 0.6) is 5.75 Å². The van der Waals surface area contributed by atoms with Crippen molar-refractivity contribution >= 4 is 24.0 Å². The molecular weight excluding hydrogens is 196 g/mol. The summed E-state index contributed by atoms with van der Waals surface area (Å²) in [6.45, 7) is 0. The van der Waals surface area contributed by atoms with Crippen molar-refractivity contribution in [2.45, 2.75) is 0 Å². The molecule has 1 aromatic carbocycles. The largest absolute Gasteiger partial charge is 0.511 e. The minimum Gasteiger partial charge on any atom is -0.449 e. The van der Waals surface area contributed by atoms with Gasteiger partial charge in [-0.2, -0.15) is 0 Å². The number of halogens is 1. The predicted octanol–water partition coefficient (Wildman–Crippen LogP) is 2.21. The van der Waals surface area contributed by atoms with Gasteiger partial charge < -0.3 is 9.84 Å². The monoisotopic (exact) mass is 200 g/mol. The van der Waals surface area contributed by atoms with Crippen LogP contribution in [0.1, 0.15) is 10.4 Å². The molecule has 0 unspecified atom stereocenters. The van der Waals surface area contributed by atoms with Crippen molar-refractivity contribution in [3.05, 3.63) is 28.8 Å². The van der Waals surface area contributed by atoms with Gasteiger partial charge in [-0.25, -0.2) is 4.79 Å². The van der Waals surface area contributed by atoms with E-state index in [0.717, 1.165) is 0 Å². The van der Waals surface area contributed by atoms with Crippen molar-refractivity contribution in [1.29, 1.82) is 0 Å². The first-order chi connectivity index (χ1) is 6.13. The van der Waals surface area contributed by atoms with E-state index in [9.17, 15) is 9.59 Å². The third kappa shape index (κ3) is 2.45. The molecule has 1 aromatic rings. The number of carboxylic acid groups (broad SMARTS) is 1. The number of benzene rings is 1. The highest BCUT2D eigenvalue weighted by Crippen LogP contribution is 2.21. The molecule has 13 heavy (non-hydrogen) atoms. The van der Waals surface area contributed by atoms with Crippen LogP contribution in [0.2, 0.25) is 5.02 Å². The molecule has 0 saturated carbocycles. The second-order valence-electron chi connectivity index (χ2n) is 2.17. The summed E-state index contributed by atoms with van der Waals surface area (Å²) in [4.78, 5) is 20.6. The van der Waals surface area contributed by atoms with Crippen molar-refractivity contribution in [2.24, 2.45) is 0 Å². The third-order valence-electron chi connectivity index (χ3n) is 1.30. The summed E-state index contributed by atoms with van der Waals surface area (Å²) in [7, 11) is 0. The Hall–Kier alpha value is -1.55. The maximum absolute atomic E-state index is 10.4. The van der Waals surface area contributed by atoms with Gasteiger partial charge in [-0.1, -0.05) is 11.6 Å². The molecule has 0 aliphatic carbocycles. The van der Waals surface area contributed by atoms with Crippen molar-refractivity contribution in [1.82, 2.24) is 0 Å². The van der Waals surface area contributed by atoms with E-state index in [1.165, 1.54) is 18.2 Å². The van der Waals surface area contributed by atoms with E-state index in [0.29, 0.717) is 11.3 Å². The van der Waals surface area contributed by atoms with Crippen LogP contribution in [0.4, 0.5) is 4.79 Å². The lowest BCUT2D eigenvalue weighted by Crippen LogP contribution is -2.04. The van der Waals surface area contributed by atoms with Crippen LogP contribution in [0.15, 0.2) is 18.2 Å². The lowest BCUT2D eigenvalue weighted by molar-refractivity contribution is 0.111. The van der Waals surface area contributed by atoms with Gasteiger partial charge in [0.15, 0.2) is 6.29 Å². The molecule has 4 nitrogen and oxygen atoms in total. The lowest BCUT2D eigenvalue weighted by atomic mass is 10.2. The van der Waals surface area contributed by atoms with Gasteiger partial charge in [0, 0.05) is 5.02 Å². The molecule has 0 aromatic heterocycles. The predicted molar refractivity (Wildman–Crippen MR) is 45.5 cm³/mol. The number of aldehydes is 1. The Balaban J connectivity index is 3.05. The number of carbonyl (C=O) groups excluding carboxylic acids is 1. The molecule has 5 heteroatoms. The first-order valence-corrected chi connectivity index (χ1v) is 3.67. The summed E-state index contributed by atoms with van der Waals surface area (Å²) in [6.07, 6.45) is -0.991. The molecule has 0 saturated heterocycles. The van der Waals surface area contributed by atoms with Crippen molar-refractivity contribution in [3.63, 3.8) is 0 Å². The number of hydrogen-bond acceptors (Lipinski definition) is 3. The van der Waals surface area contributed by atoms with Gasteiger partial charge >= 0.3 is 6.16 Å². The van der Waals surface area contributed by atoms with Crippen LogP contribution >= 0.6 is 11.6 Å². The smallest absolute Gasteiger partial charge is 0.449 e.